The van der Waals surface area contributed by atoms with E-state index < -0.39 is 10.0 Å². The van der Waals surface area contributed by atoms with E-state index in [1.807, 2.05) is 30.5 Å². The van der Waals surface area contributed by atoms with Gasteiger partial charge in [0.2, 0.25) is 10.0 Å². The van der Waals surface area contributed by atoms with Crippen LogP contribution in [0.1, 0.15) is 24.4 Å². The van der Waals surface area contributed by atoms with Gasteiger partial charge >= 0.3 is 0 Å². The first-order chi connectivity index (χ1) is 16.1. The van der Waals surface area contributed by atoms with Crippen LogP contribution in [0.25, 0.3) is 10.8 Å². The van der Waals surface area contributed by atoms with Gasteiger partial charge in [-0.15, -0.1) is 0 Å². The third-order valence-electron chi connectivity index (χ3n) is 6.41. The number of hydrogen-bond acceptors (Lipinski definition) is 5. The fourth-order valence-electron chi connectivity index (χ4n) is 4.81. The van der Waals surface area contributed by atoms with Gasteiger partial charge in [-0.25, -0.2) is 13.4 Å². The standard InChI is InChI=1S/C26H27N3O3S/c1-32-18-22-8-5-17-29(22)33(30,31)23-13-11-21(12-14-23)28-19-27-16-15-26(28)25-10-4-7-20-6-2-3-9-24(20)25/h2-4,6-7,9-16,19,22,26H,5,8,17-18H2,1H3. The van der Waals surface area contributed by atoms with Gasteiger partial charge in [-0.1, -0.05) is 42.5 Å². The Bertz CT molecular complexity index is 1300. The molecule has 3 aromatic rings. The number of nitrogens with zero attached hydrogens (tertiary/aromatic N) is 3. The van der Waals surface area contributed by atoms with Gasteiger partial charge in [0.15, 0.2) is 0 Å². The van der Waals surface area contributed by atoms with E-state index in [-0.39, 0.29) is 12.1 Å². The summed E-state index contributed by atoms with van der Waals surface area (Å²) in [5.41, 5.74) is 2.06. The minimum Gasteiger partial charge on any atom is -0.383 e. The Balaban J connectivity index is 1.46. The molecule has 170 valence electrons. The average molecular weight is 462 g/mol. The Morgan fingerprint density at radius 3 is 2.64 bits per heavy atom. The van der Waals surface area contributed by atoms with Gasteiger partial charge in [0.1, 0.15) is 0 Å². The van der Waals surface area contributed by atoms with Crippen LogP contribution >= 0.6 is 0 Å². The van der Waals surface area contributed by atoms with Crippen LogP contribution in [-0.2, 0) is 14.8 Å². The highest BCUT2D eigenvalue weighted by atomic mass is 32.2. The number of hydrogen-bond donors (Lipinski definition) is 0. The van der Waals surface area contributed by atoms with Crippen molar-refractivity contribution >= 4 is 32.8 Å². The van der Waals surface area contributed by atoms with Crippen LogP contribution in [0.2, 0.25) is 0 Å². The highest BCUT2D eigenvalue weighted by molar-refractivity contribution is 7.89. The Labute approximate surface area is 194 Å². The molecule has 0 spiro atoms. The molecule has 0 amide bonds. The quantitative estimate of drug-likeness (QED) is 0.532. The van der Waals surface area contributed by atoms with E-state index in [4.69, 9.17) is 4.74 Å². The van der Waals surface area contributed by atoms with Crippen molar-refractivity contribution in [2.24, 2.45) is 4.99 Å². The van der Waals surface area contributed by atoms with E-state index in [1.165, 1.54) is 16.3 Å². The lowest BCUT2D eigenvalue weighted by Gasteiger charge is -2.31. The topological polar surface area (TPSA) is 62.2 Å². The first-order valence-electron chi connectivity index (χ1n) is 11.2. The summed E-state index contributed by atoms with van der Waals surface area (Å²) in [5.74, 6) is 0. The molecule has 7 heteroatoms. The van der Waals surface area contributed by atoms with Crippen molar-refractivity contribution < 1.29 is 13.2 Å². The molecule has 2 heterocycles. The number of fused-ring (bicyclic) bond motifs is 1. The van der Waals surface area contributed by atoms with Crippen LogP contribution in [0.5, 0.6) is 0 Å². The largest absolute Gasteiger partial charge is 0.383 e. The highest BCUT2D eigenvalue weighted by Gasteiger charge is 2.35. The molecule has 0 saturated carbocycles. The minimum absolute atomic E-state index is 0.0410. The molecular formula is C26H27N3O3S. The van der Waals surface area contributed by atoms with Gasteiger partial charge in [-0.05, 0) is 59.5 Å². The van der Waals surface area contributed by atoms with Crippen LogP contribution in [0.3, 0.4) is 0 Å². The molecule has 6 nitrogen and oxygen atoms in total. The summed E-state index contributed by atoms with van der Waals surface area (Å²) >= 11 is 0. The SMILES string of the molecule is COCC1CCCN1S(=O)(=O)c1ccc(N2C=NC=CC2c2cccc3ccccc23)cc1. The van der Waals surface area contributed by atoms with Crippen molar-refractivity contribution in [2.45, 2.75) is 29.8 Å². The second kappa shape index (κ2) is 9.09. The van der Waals surface area contributed by atoms with Crippen molar-refractivity contribution in [3.8, 4) is 0 Å². The zero-order chi connectivity index (χ0) is 22.8. The predicted octanol–water partition coefficient (Wildman–Crippen LogP) is 4.74. The van der Waals surface area contributed by atoms with Crippen molar-refractivity contribution in [1.82, 2.24) is 4.31 Å². The maximum atomic E-state index is 13.3. The fourth-order valence-corrected chi connectivity index (χ4v) is 6.48. The minimum atomic E-state index is -3.56. The van der Waals surface area contributed by atoms with Crippen LogP contribution in [0.4, 0.5) is 5.69 Å². The molecule has 2 aliphatic rings. The number of rotatable bonds is 6. The molecule has 0 aliphatic carbocycles. The molecule has 1 saturated heterocycles. The van der Waals surface area contributed by atoms with E-state index in [0.29, 0.717) is 18.0 Å². The third-order valence-corrected chi connectivity index (χ3v) is 8.38. The normalized spacial score (nSPS) is 21.2. The molecule has 2 aliphatic heterocycles. The Morgan fingerprint density at radius 2 is 1.82 bits per heavy atom. The molecule has 2 unspecified atom stereocenters. The number of anilines is 1. The van der Waals surface area contributed by atoms with E-state index in [9.17, 15) is 8.42 Å². The van der Waals surface area contributed by atoms with E-state index >= 15 is 0 Å². The summed E-state index contributed by atoms with van der Waals surface area (Å²) in [6.45, 7) is 0.950. The number of aliphatic imine (C=N–C) groups is 1. The lowest BCUT2D eigenvalue weighted by atomic mass is 9.97. The van der Waals surface area contributed by atoms with Crippen LogP contribution in [-0.4, -0.2) is 45.4 Å². The van der Waals surface area contributed by atoms with Crippen molar-refractivity contribution in [1.29, 1.82) is 0 Å². The second-order valence-corrected chi connectivity index (χ2v) is 10.3. The monoisotopic (exact) mass is 461 g/mol. The first kappa shape index (κ1) is 21.8. The molecule has 33 heavy (non-hydrogen) atoms. The van der Waals surface area contributed by atoms with Crippen LogP contribution in [0.15, 0.2) is 88.9 Å². The lowest BCUT2D eigenvalue weighted by Crippen LogP contribution is -2.38. The van der Waals surface area contributed by atoms with Crippen molar-refractivity contribution in [2.75, 3.05) is 25.2 Å². The average Bonchev–Trinajstić information content (AvgIpc) is 3.33. The first-order valence-corrected chi connectivity index (χ1v) is 12.6. The molecule has 0 aromatic heterocycles. The molecular weight excluding hydrogens is 434 g/mol. The fraction of sp³-hybridized carbons (Fsp3) is 0.269. The number of sulfonamides is 1. The number of methoxy groups -OCH3 is 1. The highest BCUT2D eigenvalue weighted by Crippen LogP contribution is 2.34. The van der Waals surface area contributed by atoms with Gasteiger partial charge in [-0.2, -0.15) is 4.31 Å². The second-order valence-electron chi connectivity index (χ2n) is 8.39. The van der Waals surface area contributed by atoms with E-state index in [1.54, 1.807) is 29.9 Å². The third kappa shape index (κ3) is 4.08. The van der Waals surface area contributed by atoms with Crippen molar-refractivity contribution in [3.05, 3.63) is 84.6 Å². The summed E-state index contributed by atoms with van der Waals surface area (Å²) in [6.07, 6.45) is 7.35. The summed E-state index contributed by atoms with van der Waals surface area (Å²) < 4.78 is 33.3. The van der Waals surface area contributed by atoms with Gasteiger partial charge in [0.05, 0.1) is 23.9 Å². The molecule has 1 fully saturated rings. The zero-order valence-electron chi connectivity index (χ0n) is 18.5. The summed E-state index contributed by atoms with van der Waals surface area (Å²) in [7, 11) is -1.95. The molecule has 2 atom stereocenters. The maximum absolute atomic E-state index is 13.3. The van der Waals surface area contributed by atoms with Gasteiger partial charge in [0.25, 0.3) is 0 Å². The molecule has 0 N–H and O–H groups in total. The zero-order valence-corrected chi connectivity index (χ0v) is 19.4. The molecule has 0 bridgehead atoms. The van der Waals surface area contributed by atoms with Gasteiger partial charge in [0, 0.05) is 31.6 Å². The van der Waals surface area contributed by atoms with Crippen LogP contribution < -0.4 is 4.90 Å². The van der Waals surface area contributed by atoms with E-state index in [2.05, 4.69) is 46.3 Å². The summed E-state index contributed by atoms with van der Waals surface area (Å²) in [6, 6.07) is 21.6. The lowest BCUT2D eigenvalue weighted by molar-refractivity contribution is 0.149. The Morgan fingerprint density at radius 1 is 1.03 bits per heavy atom. The number of ether oxygens (including phenoxy) is 1. The Kier molecular flexibility index (Phi) is 6.01. The van der Waals surface area contributed by atoms with Gasteiger partial charge in [-0.3, -0.25) is 0 Å². The Hall–Kier alpha value is -3.00. The molecule has 3 aromatic carbocycles. The van der Waals surface area contributed by atoms with E-state index in [0.717, 1.165) is 18.5 Å². The maximum Gasteiger partial charge on any atom is 0.243 e. The molecule has 5 rings (SSSR count). The predicted molar refractivity (Wildman–Crippen MR) is 132 cm³/mol. The summed E-state index contributed by atoms with van der Waals surface area (Å²) in [4.78, 5) is 6.71. The van der Waals surface area contributed by atoms with Gasteiger partial charge < -0.3 is 9.64 Å². The van der Waals surface area contributed by atoms with Crippen molar-refractivity contribution in [3.63, 3.8) is 0 Å². The molecule has 0 radical (unpaired) electrons. The van der Waals surface area contributed by atoms with Crippen LogP contribution in [0, 0.1) is 0 Å². The number of benzene rings is 3. The summed E-state index contributed by atoms with van der Waals surface area (Å²) in [5, 5.41) is 2.37. The smallest absolute Gasteiger partial charge is 0.243 e.